The Labute approximate surface area is 213 Å². The van der Waals surface area contributed by atoms with Crippen molar-refractivity contribution in [1.29, 1.82) is 0 Å². The van der Waals surface area contributed by atoms with E-state index in [-0.39, 0.29) is 36.1 Å². The van der Waals surface area contributed by atoms with Gasteiger partial charge < -0.3 is 10.3 Å². The summed E-state index contributed by atoms with van der Waals surface area (Å²) in [6.07, 6.45) is 4.12. The molecule has 0 bridgehead atoms. The largest absolute Gasteiger partial charge is 0.325 e. The minimum absolute atomic E-state index is 0.0213. The van der Waals surface area contributed by atoms with Crippen LogP contribution in [0.5, 0.6) is 0 Å². The third kappa shape index (κ3) is 6.17. The van der Waals surface area contributed by atoms with E-state index in [4.69, 9.17) is 10.3 Å². The standard InChI is InChI=1S/C27H29F3N3O3P/c1-15-11-16(12-22(31)27(15)36-37(2,3)35)18-9-10-32-14-17(18)13-24(34)23-8-7-21(30)26(33-23)25-19(28)5-4-6-20(25)29/h4-10,14-16,22,27H,11-13,31H2,1-3H3/t15-,16+,22+,27+/m0/s1. The molecule has 10 heteroatoms. The highest BCUT2D eigenvalue weighted by molar-refractivity contribution is 7.57. The predicted molar refractivity (Wildman–Crippen MR) is 135 cm³/mol. The van der Waals surface area contributed by atoms with Crippen molar-refractivity contribution in [1.82, 2.24) is 9.97 Å². The van der Waals surface area contributed by atoms with Crippen LogP contribution >= 0.6 is 7.37 Å². The Hall–Kier alpha value is -2.87. The second-order valence-electron chi connectivity index (χ2n) is 9.93. The Balaban J connectivity index is 1.58. The molecule has 0 unspecified atom stereocenters. The fraction of sp³-hybridized carbons (Fsp3) is 0.370. The maximum absolute atomic E-state index is 14.5. The van der Waals surface area contributed by atoms with Crippen LogP contribution in [0.3, 0.4) is 0 Å². The van der Waals surface area contributed by atoms with Crippen molar-refractivity contribution >= 4 is 13.2 Å². The van der Waals surface area contributed by atoms with E-state index in [1.165, 1.54) is 12.1 Å². The minimum atomic E-state index is -2.71. The summed E-state index contributed by atoms with van der Waals surface area (Å²) in [5.74, 6) is -3.27. The van der Waals surface area contributed by atoms with E-state index in [9.17, 15) is 22.5 Å². The topological polar surface area (TPSA) is 95.2 Å². The number of nitrogens with zero attached hydrogens (tertiary/aromatic N) is 2. The van der Waals surface area contributed by atoms with Crippen molar-refractivity contribution in [3.8, 4) is 11.3 Å². The molecule has 1 aliphatic carbocycles. The van der Waals surface area contributed by atoms with Gasteiger partial charge in [0.15, 0.2) is 13.2 Å². The van der Waals surface area contributed by atoms with Crippen LogP contribution in [-0.4, -0.2) is 41.2 Å². The highest BCUT2D eigenvalue weighted by atomic mass is 31.2. The summed E-state index contributed by atoms with van der Waals surface area (Å²) in [6.45, 7) is 5.14. The molecule has 3 aromatic rings. The summed E-state index contributed by atoms with van der Waals surface area (Å²) < 4.78 is 61.0. The third-order valence-corrected chi connectivity index (χ3v) is 7.39. The summed E-state index contributed by atoms with van der Waals surface area (Å²) in [7, 11) is -2.71. The first-order valence-electron chi connectivity index (χ1n) is 12.0. The Morgan fingerprint density at radius 2 is 1.78 bits per heavy atom. The fourth-order valence-electron chi connectivity index (χ4n) is 5.04. The van der Waals surface area contributed by atoms with Crippen LogP contribution in [0.1, 0.15) is 47.3 Å². The zero-order valence-electron chi connectivity index (χ0n) is 20.8. The Kier molecular flexibility index (Phi) is 7.97. The molecule has 0 spiro atoms. The van der Waals surface area contributed by atoms with Crippen molar-refractivity contribution in [2.75, 3.05) is 13.3 Å². The molecule has 6 nitrogen and oxygen atoms in total. The molecule has 1 saturated carbocycles. The third-order valence-electron chi connectivity index (χ3n) is 6.63. The van der Waals surface area contributed by atoms with Gasteiger partial charge in [0.1, 0.15) is 28.8 Å². The van der Waals surface area contributed by atoms with Gasteiger partial charge in [-0.2, -0.15) is 0 Å². The molecule has 196 valence electrons. The number of rotatable bonds is 7. The number of ketones is 1. The molecule has 1 fully saturated rings. The van der Waals surface area contributed by atoms with E-state index in [1.807, 2.05) is 13.0 Å². The van der Waals surface area contributed by atoms with E-state index in [2.05, 4.69) is 9.97 Å². The van der Waals surface area contributed by atoms with Gasteiger partial charge in [0.05, 0.1) is 11.7 Å². The highest BCUT2D eigenvalue weighted by Crippen LogP contribution is 2.46. The van der Waals surface area contributed by atoms with Gasteiger partial charge in [0, 0.05) is 38.2 Å². The second kappa shape index (κ2) is 10.9. The normalized spacial score (nSPS) is 22.1. The highest BCUT2D eigenvalue weighted by Gasteiger charge is 2.37. The number of nitrogens with two attached hydrogens (primary N) is 1. The summed E-state index contributed by atoms with van der Waals surface area (Å²) in [5, 5.41) is 0. The van der Waals surface area contributed by atoms with Gasteiger partial charge in [-0.15, -0.1) is 0 Å². The van der Waals surface area contributed by atoms with E-state index in [1.54, 1.807) is 25.7 Å². The molecular formula is C27H29F3N3O3P. The molecule has 0 amide bonds. The molecule has 2 heterocycles. The first-order valence-corrected chi connectivity index (χ1v) is 14.5. The Bertz CT molecular complexity index is 1330. The average Bonchev–Trinajstić information content (AvgIpc) is 2.82. The predicted octanol–water partition coefficient (Wildman–Crippen LogP) is 5.75. The van der Waals surface area contributed by atoms with Gasteiger partial charge >= 0.3 is 0 Å². The van der Waals surface area contributed by atoms with Crippen molar-refractivity contribution in [3.63, 3.8) is 0 Å². The first kappa shape index (κ1) is 27.2. The van der Waals surface area contributed by atoms with E-state index >= 15 is 0 Å². The van der Waals surface area contributed by atoms with Crippen LogP contribution in [-0.2, 0) is 15.5 Å². The molecular weight excluding hydrogens is 502 g/mol. The number of carbonyl (C=O) groups is 1. The number of halogens is 3. The number of Topliss-reactive ketones (excluding diaryl/α,β-unsaturated/α-hetero) is 1. The molecule has 1 aromatic carbocycles. The molecule has 1 aliphatic rings. The number of pyridine rings is 2. The summed E-state index contributed by atoms with van der Waals surface area (Å²) >= 11 is 0. The number of benzene rings is 1. The summed E-state index contributed by atoms with van der Waals surface area (Å²) in [4.78, 5) is 21.3. The first-order chi connectivity index (χ1) is 17.4. The Morgan fingerprint density at radius 3 is 2.43 bits per heavy atom. The lowest BCUT2D eigenvalue weighted by atomic mass is 9.74. The van der Waals surface area contributed by atoms with Gasteiger partial charge in [-0.05, 0) is 66.1 Å². The van der Waals surface area contributed by atoms with E-state index in [0.29, 0.717) is 12.0 Å². The lowest BCUT2D eigenvalue weighted by Gasteiger charge is -2.40. The minimum Gasteiger partial charge on any atom is -0.325 e. The molecule has 37 heavy (non-hydrogen) atoms. The van der Waals surface area contributed by atoms with Gasteiger partial charge in [-0.3, -0.25) is 14.3 Å². The molecule has 0 radical (unpaired) electrons. The fourth-order valence-corrected chi connectivity index (χ4v) is 5.99. The second-order valence-corrected chi connectivity index (χ2v) is 12.6. The van der Waals surface area contributed by atoms with Gasteiger partial charge in [-0.1, -0.05) is 13.0 Å². The van der Waals surface area contributed by atoms with E-state index < -0.39 is 41.9 Å². The SMILES string of the molecule is C[C@H]1C[C@@H](c2ccncc2CC(=O)c2ccc(F)c(-c3c(F)cccc3F)n2)C[C@@H](N)[C@@H]1OP(C)(C)=O. The summed E-state index contributed by atoms with van der Waals surface area (Å²) in [5.41, 5.74) is 6.70. The quantitative estimate of drug-likeness (QED) is 0.308. The number of hydrogen-bond acceptors (Lipinski definition) is 6. The molecule has 0 aliphatic heterocycles. The molecule has 0 saturated heterocycles. The lowest BCUT2D eigenvalue weighted by Crippen LogP contribution is -2.46. The van der Waals surface area contributed by atoms with Crippen LogP contribution in [0.2, 0.25) is 0 Å². The van der Waals surface area contributed by atoms with Crippen LogP contribution < -0.4 is 5.73 Å². The van der Waals surface area contributed by atoms with Gasteiger partial charge in [0.2, 0.25) is 0 Å². The molecule has 2 N–H and O–H groups in total. The van der Waals surface area contributed by atoms with Crippen molar-refractivity contribution in [3.05, 3.63) is 83.1 Å². The van der Waals surface area contributed by atoms with E-state index in [0.717, 1.165) is 30.2 Å². The molecule has 4 atom stereocenters. The van der Waals surface area contributed by atoms with Crippen molar-refractivity contribution < 1.29 is 27.1 Å². The Morgan fingerprint density at radius 1 is 1.08 bits per heavy atom. The zero-order valence-corrected chi connectivity index (χ0v) is 21.7. The smallest absolute Gasteiger partial charge is 0.197 e. The monoisotopic (exact) mass is 531 g/mol. The van der Waals surface area contributed by atoms with Crippen LogP contribution in [0.15, 0.2) is 48.8 Å². The average molecular weight is 532 g/mol. The summed E-state index contributed by atoms with van der Waals surface area (Å²) in [6, 6.07) is 6.85. The van der Waals surface area contributed by atoms with Crippen molar-refractivity contribution in [2.24, 2.45) is 11.7 Å². The maximum atomic E-state index is 14.5. The lowest BCUT2D eigenvalue weighted by molar-refractivity contribution is 0.0777. The molecule has 2 aromatic heterocycles. The zero-order chi connectivity index (χ0) is 26.9. The van der Waals surface area contributed by atoms with Crippen molar-refractivity contribution in [2.45, 2.75) is 44.2 Å². The van der Waals surface area contributed by atoms with Gasteiger partial charge in [0.25, 0.3) is 0 Å². The van der Waals surface area contributed by atoms with Gasteiger partial charge in [-0.25, -0.2) is 18.2 Å². The maximum Gasteiger partial charge on any atom is 0.197 e. The molecule has 4 rings (SSSR count). The number of carbonyl (C=O) groups excluding carboxylic acids is 1. The van der Waals surface area contributed by atoms with Crippen LogP contribution in [0.25, 0.3) is 11.3 Å². The van der Waals surface area contributed by atoms with Crippen LogP contribution in [0.4, 0.5) is 13.2 Å². The number of hydrogen-bond donors (Lipinski definition) is 1. The number of aromatic nitrogens is 2. The van der Waals surface area contributed by atoms with Crippen LogP contribution in [0, 0.1) is 23.4 Å².